The fourth-order valence-electron chi connectivity index (χ4n) is 1.01. The monoisotopic (exact) mass is 214 g/mol. The molecule has 0 amide bonds. The summed E-state index contributed by atoms with van der Waals surface area (Å²) in [7, 11) is 0. The highest BCUT2D eigenvalue weighted by atomic mass is 35.5. The number of rotatable bonds is 1. The molecule has 0 fully saturated rings. The lowest BCUT2D eigenvalue weighted by Crippen LogP contribution is -1.93. The van der Waals surface area contributed by atoms with Gasteiger partial charge in [0, 0.05) is 0 Å². The topological polar surface area (TPSA) is 58.9 Å². The summed E-state index contributed by atoms with van der Waals surface area (Å²) in [6.07, 6.45) is 0. The summed E-state index contributed by atoms with van der Waals surface area (Å²) in [4.78, 5) is 10.6. The van der Waals surface area contributed by atoms with Crippen LogP contribution in [0.2, 0.25) is 5.02 Å². The van der Waals surface area contributed by atoms with E-state index in [1.165, 1.54) is 18.2 Å². The highest BCUT2D eigenvalue weighted by Crippen LogP contribution is 2.27. The summed E-state index contributed by atoms with van der Waals surface area (Å²) in [5, 5.41) is 5.47. The van der Waals surface area contributed by atoms with Gasteiger partial charge in [-0.15, -0.1) is 5.10 Å². The molecule has 0 saturated heterocycles. The number of hydrogen-bond donors (Lipinski definition) is 1. The molecule has 0 spiro atoms. The van der Waals surface area contributed by atoms with Crippen molar-refractivity contribution in [2.45, 2.75) is 0 Å². The van der Waals surface area contributed by atoms with E-state index in [0.717, 1.165) is 0 Å². The lowest BCUT2D eigenvalue weighted by atomic mass is 10.2. The first-order valence-corrected chi connectivity index (χ1v) is 4.06. The molecule has 1 aromatic heterocycles. The van der Waals surface area contributed by atoms with E-state index in [2.05, 4.69) is 14.6 Å². The molecule has 72 valence electrons. The van der Waals surface area contributed by atoms with E-state index < -0.39 is 11.6 Å². The Morgan fingerprint density at radius 1 is 1.50 bits per heavy atom. The van der Waals surface area contributed by atoms with Crippen molar-refractivity contribution in [3.05, 3.63) is 39.6 Å². The van der Waals surface area contributed by atoms with Crippen molar-refractivity contribution in [2.24, 2.45) is 0 Å². The van der Waals surface area contributed by atoms with Gasteiger partial charge in [-0.2, -0.15) is 0 Å². The van der Waals surface area contributed by atoms with Crippen molar-refractivity contribution in [2.75, 3.05) is 0 Å². The summed E-state index contributed by atoms with van der Waals surface area (Å²) in [6, 6.07) is 4.16. The Morgan fingerprint density at radius 2 is 2.29 bits per heavy atom. The Balaban J connectivity index is 2.62. The third kappa shape index (κ3) is 1.42. The molecule has 1 heterocycles. The van der Waals surface area contributed by atoms with Crippen LogP contribution in [0.5, 0.6) is 0 Å². The molecule has 0 aliphatic heterocycles. The first-order chi connectivity index (χ1) is 6.68. The van der Waals surface area contributed by atoms with Gasteiger partial charge in [0.1, 0.15) is 5.82 Å². The predicted molar refractivity (Wildman–Crippen MR) is 47.5 cm³/mol. The van der Waals surface area contributed by atoms with E-state index >= 15 is 0 Å². The van der Waals surface area contributed by atoms with Crippen LogP contribution in [0.15, 0.2) is 27.4 Å². The molecule has 0 bridgehead atoms. The van der Waals surface area contributed by atoms with Crippen LogP contribution in [-0.4, -0.2) is 10.2 Å². The van der Waals surface area contributed by atoms with Gasteiger partial charge < -0.3 is 4.42 Å². The number of hydrogen-bond acceptors (Lipinski definition) is 3. The fraction of sp³-hybridized carbons (Fsp3) is 0. The second kappa shape index (κ2) is 3.26. The molecule has 0 unspecified atom stereocenters. The zero-order chi connectivity index (χ0) is 10.1. The molecular formula is C8H4ClFN2O2. The van der Waals surface area contributed by atoms with Crippen LogP contribution in [0, 0.1) is 5.82 Å². The second-order valence-corrected chi connectivity index (χ2v) is 2.90. The average molecular weight is 215 g/mol. The van der Waals surface area contributed by atoms with E-state index in [0.29, 0.717) is 0 Å². The number of aromatic amines is 1. The van der Waals surface area contributed by atoms with E-state index in [9.17, 15) is 9.18 Å². The normalized spacial score (nSPS) is 10.4. The summed E-state index contributed by atoms with van der Waals surface area (Å²) >= 11 is 5.65. The third-order valence-corrected chi connectivity index (χ3v) is 2.00. The van der Waals surface area contributed by atoms with Gasteiger partial charge in [0.15, 0.2) is 0 Å². The van der Waals surface area contributed by atoms with Crippen molar-refractivity contribution < 1.29 is 8.81 Å². The molecule has 0 saturated carbocycles. The minimum Gasteiger partial charge on any atom is -0.388 e. The molecule has 14 heavy (non-hydrogen) atoms. The maximum Gasteiger partial charge on any atom is 0.434 e. The average Bonchev–Trinajstić information content (AvgIpc) is 2.57. The van der Waals surface area contributed by atoms with Crippen LogP contribution in [0.3, 0.4) is 0 Å². The summed E-state index contributed by atoms with van der Waals surface area (Å²) in [6.45, 7) is 0. The Kier molecular flexibility index (Phi) is 2.09. The predicted octanol–water partition coefficient (Wildman–Crippen LogP) is 1.82. The number of nitrogens with one attached hydrogen (secondary N) is 1. The maximum atomic E-state index is 13.0. The Morgan fingerprint density at radius 3 is 2.93 bits per heavy atom. The molecule has 1 aromatic carbocycles. The molecule has 0 aliphatic carbocycles. The van der Waals surface area contributed by atoms with Gasteiger partial charge >= 0.3 is 5.76 Å². The van der Waals surface area contributed by atoms with Crippen molar-refractivity contribution in [3.63, 3.8) is 0 Å². The third-order valence-electron chi connectivity index (χ3n) is 1.62. The molecule has 0 radical (unpaired) electrons. The number of benzene rings is 1. The van der Waals surface area contributed by atoms with Crippen molar-refractivity contribution in [1.82, 2.24) is 10.2 Å². The van der Waals surface area contributed by atoms with Crippen LogP contribution >= 0.6 is 11.6 Å². The summed E-state index contributed by atoms with van der Waals surface area (Å²) < 4.78 is 17.6. The minimum absolute atomic E-state index is 0.0282. The SMILES string of the molecule is O=c1[nH]nc(-c2cccc(F)c2Cl)o1. The van der Waals surface area contributed by atoms with Crippen LogP contribution in [0.1, 0.15) is 0 Å². The van der Waals surface area contributed by atoms with E-state index in [1.54, 1.807) is 0 Å². The summed E-state index contributed by atoms with van der Waals surface area (Å²) in [5.74, 6) is -1.32. The molecule has 0 aliphatic rings. The smallest absolute Gasteiger partial charge is 0.388 e. The van der Waals surface area contributed by atoms with Gasteiger partial charge in [-0.25, -0.2) is 14.3 Å². The first kappa shape index (κ1) is 8.96. The van der Waals surface area contributed by atoms with Crippen molar-refractivity contribution >= 4 is 11.6 Å². The molecule has 2 rings (SSSR count). The standard InChI is InChI=1S/C8H4ClFN2O2/c9-6-4(2-1-3-5(6)10)7-11-12-8(13)14-7/h1-3H,(H,12,13). The largest absolute Gasteiger partial charge is 0.434 e. The zero-order valence-electron chi connectivity index (χ0n) is 6.75. The van der Waals surface area contributed by atoms with Gasteiger partial charge in [-0.3, -0.25) is 0 Å². The number of nitrogens with zero attached hydrogens (tertiary/aromatic N) is 1. The minimum atomic E-state index is -0.708. The summed E-state index contributed by atoms with van der Waals surface area (Å²) in [5.41, 5.74) is 0.241. The van der Waals surface area contributed by atoms with E-state index in [1.807, 2.05) is 0 Å². The highest BCUT2D eigenvalue weighted by Gasteiger charge is 2.12. The maximum absolute atomic E-state index is 13.0. The molecule has 0 atom stereocenters. The van der Waals surface area contributed by atoms with Crippen LogP contribution in [-0.2, 0) is 0 Å². The van der Waals surface area contributed by atoms with Gasteiger partial charge in [0.2, 0.25) is 0 Å². The molecule has 6 heteroatoms. The Bertz CT molecular complexity index is 520. The Labute approximate surface area is 82.3 Å². The first-order valence-electron chi connectivity index (χ1n) is 3.68. The second-order valence-electron chi connectivity index (χ2n) is 2.52. The van der Waals surface area contributed by atoms with E-state index in [-0.39, 0.29) is 16.5 Å². The molecule has 2 aromatic rings. The van der Waals surface area contributed by atoms with Gasteiger partial charge in [-0.1, -0.05) is 17.7 Å². The fourth-order valence-corrected chi connectivity index (χ4v) is 1.22. The highest BCUT2D eigenvalue weighted by molar-refractivity contribution is 6.33. The number of halogens is 2. The Hall–Kier alpha value is -1.62. The van der Waals surface area contributed by atoms with Crippen molar-refractivity contribution in [1.29, 1.82) is 0 Å². The number of H-pyrrole nitrogens is 1. The molecule has 4 nitrogen and oxygen atoms in total. The van der Waals surface area contributed by atoms with Crippen LogP contribution in [0.4, 0.5) is 4.39 Å². The molecule has 1 N–H and O–H groups in total. The quantitative estimate of drug-likeness (QED) is 0.788. The van der Waals surface area contributed by atoms with E-state index in [4.69, 9.17) is 11.6 Å². The lowest BCUT2D eigenvalue weighted by molar-refractivity contribution is 0.526. The van der Waals surface area contributed by atoms with Crippen LogP contribution < -0.4 is 5.76 Å². The van der Waals surface area contributed by atoms with Gasteiger partial charge in [-0.05, 0) is 12.1 Å². The van der Waals surface area contributed by atoms with Gasteiger partial charge in [0.25, 0.3) is 5.89 Å². The molecular weight excluding hydrogens is 211 g/mol. The van der Waals surface area contributed by atoms with Crippen molar-refractivity contribution in [3.8, 4) is 11.5 Å². The van der Waals surface area contributed by atoms with Crippen LogP contribution in [0.25, 0.3) is 11.5 Å². The number of aromatic nitrogens is 2. The lowest BCUT2D eigenvalue weighted by Gasteiger charge is -1.98. The zero-order valence-corrected chi connectivity index (χ0v) is 7.51. The van der Waals surface area contributed by atoms with Gasteiger partial charge in [0.05, 0.1) is 10.6 Å².